The summed E-state index contributed by atoms with van der Waals surface area (Å²) in [6.45, 7) is 1.88. The van der Waals surface area contributed by atoms with Gasteiger partial charge in [-0.1, -0.05) is 73.7 Å². The molecule has 0 unspecified atom stereocenters. The normalized spacial score (nSPS) is 11.7. The predicted molar refractivity (Wildman–Crippen MR) is 175 cm³/mol. The standard InChI is InChI=1S/C35H39N3O6S/c1-4-21-36-35(40)33(23-27-13-7-5-8-14-27)37(25-28-15-11-17-30(22-28)43-2)34(39)26-38(29-16-12-18-31(24-29)44-3)45(41,42)32-19-9-6-10-20-32/h5-20,22,24,33H,4,21,23,25-26H2,1-3H3,(H,36,40)/t33-/m0/s1. The summed E-state index contributed by atoms with van der Waals surface area (Å²) in [7, 11) is -1.16. The van der Waals surface area contributed by atoms with Crippen LogP contribution in [0, 0.1) is 0 Å². The van der Waals surface area contributed by atoms with E-state index in [9.17, 15) is 18.0 Å². The third-order valence-electron chi connectivity index (χ3n) is 7.26. The number of nitrogens with one attached hydrogen (secondary N) is 1. The van der Waals surface area contributed by atoms with Crippen molar-refractivity contribution in [3.63, 3.8) is 0 Å². The molecule has 10 heteroatoms. The second-order valence-corrected chi connectivity index (χ2v) is 12.3. The number of carbonyl (C=O) groups excluding carboxylic acids is 2. The topological polar surface area (TPSA) is 105 Å². The summed E-state index contributed by atoms with van der Waals surface area (Å²) >= 11 is 0. The molecule has 9 nitrogen and oxygen atoms in total. The molecule has 2 amide bonds. The summed E-state index contributed by atoms with van der Waals surface area (Å²) in [5.74, 6) is 0.158. The first-order valence-corrected chi connectivity index (χ1v) is 16.2. The van der Waals surface area contributed by atoms with Gasteiger partial charge in [-0.25, -0.2) is 8.42 Å². The van der Waals surface area contributed by atoms with Crippen molar-refractivity contribution in [2.75, 3.05) is 31.6 Å². The fraction of sp³-hybridized carbons (Fsp3) is 0.257. The Hall–Kier alpha value is -4.83. The summed E-state index contributed by atoms with van der Waals surface area (Å²) in [6, 6.07) is 30.2. The Balaban J connectivity index is 1.81. The van der Waals surface area contributed by atoms with E-state index in [1.165, 1.54) is 24.1 Å². The molecule has 0 aliphatic rings. The second-order valence-electron chi connectivity index (χ2n) is 10.4. The number of sulfonamides is 1. The zero-order valence-electron chi connectivity index (χ0n) is 25.8. The lowest BCUT2D eigenvalue weighted by Gasteiger charge is -2.34. The van der Waals surface area contributed by atoms with E-state index in [1.807, 2.05) is 49.4 Å². The molecule has 4 rings (SSSR count). The molecule has 236 valence electrons. The SMILES string of the molecule is CCCNC(=O)[C@H](Cc1ccccc1)N(Cc1cccc(OC)c1)C(=O)CN(c1cccc(OC)c1)S(=O)(=O)c1ccccc1. The van der Waals surface area contributed by atoms with E-state index in [-0.39, 0.29) is 29.5 Å². The molecule has 0 saturated heterocycles. The fourth-order valence-corrected chi connectivity index (χ4v) is 6.33. The van der Waals surface area contributed by atoms with Crippen LogP contribution in [0.2, 0.25) is 0 Å². The van der Waals surface area contributed by atoms with Crippen molar-refractivity contribution < 1.29 is 27.5 Å². The molecule has 0 spiro atoms. The molecule has 0 heterocycles. The van der Waals surface area contributed by atoms with Gasteiger partial charge in [-0.05, 0) is 53.9 Å². The largest absolute Gasteiger partial charge is 0.497 e. The Morgan fingerprint density at radius 2 is 1.38 bits per heavy atom. The summed E-state index contributed by atoms with van der Waals surface area (Å²) in [6.07, 6.45) is 0.948. The maximum Gasteiger partial charge on any atom is 0.264 e. The zero-order valence-corrected chi connectivity index (χ0v) is 26.6. The number of amides is 2. The molecule has 0 radical (unpaired) electrons. The minimum absolute atomic E-state index is 0.0292. The van der Waals surface area contributed by atoms with Crippen LogP contribution in [0.1, 0.15) is 24.5 Å². The third-order valence-corrected chi connectivity index (χ3v) is 9.05. The number of ether oxygens (including phenoxy) is 2. The summed E-state index contributed by atoms with van der Waals surface area (Å²) in [5.41, 5.74) is 1.84. The number of carbonyl (C=O) groups is 2. The van der Waals surface area contributed by atoms with Gasteiger partial charge in [-0.15, -0.1) is 0 Å². The summed E-state index contributed by atoms with van der Waals surface area (Å²) in [5, 5.41) is 2.95. The van der Waals surface area contributed by atoms with Crippen molar-refractivity contribution in [3.05, 3.63) is 120 Å². The van der Waals surface area contributed by atoms with Crippen LogP contribution >= 0.6 is 0 Å². The molecule has 45 heavy (non-hydrogen) atoms. The van der Waals surface area contributed by atoms with Gasteiger partial charge in [0.15, 0.2) is 0 Å². The van der Waals surface area contributed by atoms with Crippen LogP contribution in [-0.2, 0) is 32.6 Å². The maximum atomic E-state index is 14.5. The molecule has 0 bridgehead atoms. The van der Waals surface area contributed by atoms with Crippen molar-refractivity contribution in [1.82, 2.24) is 10.2 Å². The minimum atomic E-state index is -4.20. The molecule has 4 aromatic carbocycles. The number of benzene rings is 4. The summed E-state index contributed by atoms with van der Waals surface area (Å²) in [4.78, 5) is 29.7. The van der Waals surface area contributed by atoms with Crippen LogP contribution in [0.15, 0.2) is 114 Å². The molecular weight excluding hydrogens is 590 g/mol. The van der Waals surface area contributed by atoms with Crippen LogP contribution in [-0.4, -0.2) is 58.5 Å². The first-order chi connectivity index (χ1) is 21.8. The van der Waals surface area contributed by atoms with E-state index in [1.54, 1.807) is 61.7 Å². The lowest BCUT2D eigenvalue weighted by molar-refractivity contribution is -0.140. The third kappa shape index (κ3) is 8.63. The monoisotopic (exact) mass is 629 g/mol. The van der Waals surface area contributed by atoms with Crippen LogP contribution in [0.5, 0.6) is 11.5 Å². The van der Waals surface area contributed by atoms with Gasteiger partial charge >= 0.3 is 0 Å². The number of hydrogen-bond donors (Lipinski definition) is 1. The number of nitrogens with zero attached hydrogens (tertiary/aromatic N) is 2. The van der Waals surface area contributed by atoms with Gasteiger partial charge < -0.3 is 19.7 Å². The van der Waals surface area contributed by atoms with Gasteiger partial charge in [-0.2, -0.15) is 0 Å². The number of anilines is 1. The summed E-state index contributed by atoms with van der Waals surface area (Å²) < 4.78 is 40.0. The molecule has 0 fully saturated rings. The highest BCUT2D eigenvalue weighted by Crippen LogP contribution is 2.28. The quantitative estimate of drug-likeness (QED) is 0.197. The van der Waals surface area contributed by atoms with E-state index in [0.717, 1.165) is 15.4 Å². The van der Waals surface area contributed by atoms with Gasteiger partial charge in [-0.3, -0.25) is 13.9 Å². The average molecular weight is 630 g/mol. The first-order valence-electron chi connectivity index (χ1n) is 14.7. The number of hydrogen-bond acceptors (Lipinski definition) is 6. The van der Waals surface area contributed by atoms with E-state index in [4.69, 9.17) is 9.47 Å². The Morgan fingerprint density at radius 3 is 2.02 bits per heavy atom. The van der Waals surface area contributed by atoms with Gasteiger partial charge in [0.05, 0.1) is 24.8 Å². The van der Waals surface area contributed by atoms with Crippen molar-refractivity contribution in [2.24, 2.45) is 0 Å². The lowest BCUT2D eigenvalue weighted by atomic mass is 10.0. The highest BCUT2D eigenvalue weighted by molar-refractivity contribution is 7.92. The molecule has 0 aromatic heterocycles. The molecule has 4 aromatic rings. The fourth-order valence-electron chi connectivity index (χ4n) is 4.90. The predicted octanol–water partition coefficient (Wildman–Crippen LogP) is 5.07. The van der Waals surface area contributed by atoms with Crippen molar-refractivity contribution in [1.29, 1.82) is 0 Å². The molecule has 0 aliphatic heterocycles. The average Bonchev–Trinajstić information content (AvgIpc) is 3.08. The Bertz CT molecular complexity index is 1670. The van der Waals surface area contributed by atoms with Crippen LogP contribution in [0.3, 0.4) is 0 Å². The van der Waals surface area contributed by atoms with Gasteiger partial charge in [0.2, 0.25) is 11.8 Å². The van der Waals surface area contributed by atoms with E-state index in [0.29, 0.717) is 24.5 Å². The molecule has 1 atom stereocenters. The van der Waals surface area contributed by atoms with Crippen LogP contribution < -0.4 is 19.1 Å². The molecular formula is C35H39N3O6S. The van der Waals surface area contributed by atoms with Crippen molar-refractivity contribution in [3.8, 4) is 11.5 Å². The van der Waals surface area contributed by atoms with Gasteiger partial charge in [0.1, 0.15) is 24.1 Å². The number of methoxy groups -OCH3 is 2. The maximum absolute atomic E-state index is 14.5. The second kappa shape index (κ2) is 15.8. The van der Waals surface area contributed by atoms with Gasteiger partial charge in [0, 0.05) is 25.6 Å². The zero-order chi connectivity index (χ0) is 32.2. The lowest BCUT2D eigenvalue weighted by Crippen LogP contribution is -2.53. The first kappa shape index (κ1) is 33.1. The molecule has 1 N–H and O–H groups in total. The van der Waals surface area contributed by atoms with Crippen LogP contribution in [0.4, 0.5) is 5.69 Å². The Labute approximate surface area is 265 Å². The van der Waals surface area contributed by atoms with Gasteiger partial charge in [0.25, 0.3) is 10.0 Å². The van der Waals surface area contributed by atoms with E-state index < -0.39 is 28.5 Å². The molecule has 0 saturated carbocycles. The van der Waals surface area contributed by atoms with Crippen LogP contribution in [0.25, 0.3) is 0 Å². The smallest absolute Gasteiger partial charge is 0.264 e. The Kier molecular flexibility index (Phi) is 11.6. The Morgan fingerprint density at radius 1 is 0.778 bits per heavy atom. The number of rotatable bonds is 15. The van der Waals surface area contributed by atoms with Crippen molar-refractivity contribution in [2.45, 2.75) is 37.2 Å². The molecule has 0 aliphatic carbocycles. The highest BCUT2D eigenvalue weighted by atomic mass is 32.2. The minimum Gasteiger partial charge on any atom is -0.497 e. The van der Waals surface area contributed by atoms with E-state index in [2.05, 4.69) is 5.32 Å². The van der Waals surface area contributed by atoms with Crippen molar-refractivity contribution >= 4 is 27.5 Å². The van der Waals surface area contributed by atoms with E-state index >= 15 is 0 Å². The highest BCUT2D eigenvalue weighted by Gasteiger charge is 2.34.